The monoisotopic (exact) mass is 306 g/mol. The number of benzene rings is 1. The minimum Gasteiger partial charge on any atom is -0.478 e. The smallest absolute Gasteiger partial charge is 0.335 e. The molecule has 21 heavy (non-hydrogen) atoms. The third-order valence-corrected chi connectivity index (χ3v) is 4.00. The third kappa shape index (κ3) is 3.79. The van der Waals surface area contributed by atoms with Crippen LogP contribution in [0.3, 0.4) is 0 Å². The van der Waals surface area contributed by atoms with Gasteiger partial charge in [-0.3, -0.25) is 9.29 Å². The van der Waals surface area contributed by atoms with E-state index in [2.05, 4.69) is 4.98 Å². The van der Waals surface area contributed by atoms with Crippen LogP contribution < -0.4 is 4.31 Å². The first-order valence-corrected chi connectivity index (χ1v) is 7.93. The number of aromatic carboxylic acids is 1. The number of hydrogen-bond acceptors (Lipinski definition) is 4. The molecular formula is C14H14N2O4S. The highest BCUT2D eigenvalue weighted by molar-refractivity contribution is 7.92. The molecule has 0 atom stereocenters. The van der Waals surface area contributed by atoms with E-state index in [9.17, 15) is 13.2 Å². The second kappa shape index (κ2) is 5.92. The number of aromatic nitrogens is 1. The van der Waals surface area contributed by atoms with Gasteiger partial charge in [-0.1, -0.05) is 12.1 Å². The van der Waals surface area contributed by atoms with Gasteiger partial charge in [-0.2, -0.15) is 0 Å². The average Bonchev–Trinajstić information content (AvgIpc) is 2.45. The van der Waals surface area contributed by atoms with Crippen molar-refractivity contribution in [3.8, 4) is 0 Å². The molecule has 2 aromatic rings. The van der Waals surface area contributed by atoms with Crippen LogP contribution in [0.15, 0.2) is 48.8 Å². The van der Waals surface area contributed by atoms with Crippen LogP contribution in [0.1, 0.15) is 15.9 Å². The number of carboxylic acid groups (broad SMARTS) is 1. The molecule has 0 fully saturated rings. The van der Waals surface area contributed by atoms with Gasteiger partial charge < -0.3 is 5.11 Å². The Kier molecular flexibility index (Phi) is 4.23. The number of carbonyl (C=O) groups is 1. The zero-order valence-electron chi connectivity index (χ0n) is 11.3. The predicted octanol–water partition coefficient (Wildman–Crippen LogP) is 1.75. The standard InChI is InChI=1S/C14H14N2O4S/c1-21(19,20)16(13-3-2-8-15-9-13)10-11-4-6-12(7-5-11)14(17)18/h2-9H,10H2,1H3,(H,17,18). The van der Waals surface area contributed by atoms with Gasteiger partial charge in [0.05, 0.1) is 30.2 Å². The summed E-state index contributed by atoms with van der Waals surface area (Å²) in [5, 5.41) is 8.85. The molecule has 1 aromatic carbocycles. The van der Waals surface area contributed by atoms with E-state index in [0.29, 0.717) is 11.3 Å². The van der Waals surface area contributed by atoms with E-state index >= 15 is 0 Å². The van der Waals surface area contributed by atoms with Crippen molar-refractivity contribution in [2.45, 2.75) is 6.54 Å². The molecule has 0 saturated carbocycles. The lowest BCUT2D eigenvalue weighted by molar-refractivity contribution is 0.0697. The Morgan fingerprint density at radius 3 is 2.38 bits per heavy atom. The van der Waals surface area contributed by atoms with Crippen molar-refractivity contribution in [1.29, 1.82) is 0 Å². The van der Waals surface area contributed by atoms with E-state index < -0.39 is 16.0 Å². The van der Waals surface area contributed by atoms with Crippen molar-refractivity contribution in [3.63, 3.8) is 0 Å². The first kappa shape index (κ1) is 15.0. The number of pyridine rings is 1. The molecule has 0 bridgehead atoms. The molecule has 0 spiro atoms. The molecule has 0 saturated heterocycles. The van der Waals surface area contributed by atoms with Gasteiger partial charge in [0.2, 0.25) is 10.0 Å². The van der Waals surface area contributed by atoms with E-state index in [1.165, 1.54) is 22.6 Å². The van der Waals surface area contributed by atoms with E-state index in [0.717, 1.165) is 6.26 Å². The maximum absolute atomic E-state index is 11.9. The van der Waals surface area contributed by atoms with Gasteiger partial charge in [-0.15, -0.1) is 0 Å². The van der Waals surface area contributed by atoms with Crippen LogP contribution in [0.4, 0.5) is 5.69 Å². The quantitative estimate of drug-likeness (QED) is 0.909. The van der Waals surface area contributed by atoms with Gasteiger partial charge in [0.15, 0.2) is 0 Å². The van der Waals surface area contributed by atoms with Crippen molar-refractivity contribution in [2.75, 3.05) is 10.6 Å². The molecule has 1 aromatic heterocycles. The highest BCUT2D eigenvalue weighted by atomic mass is 32.2. The van der Waals surface area contributed by atoms with Crippen LogP contribution in [-0.2, 0) is 16.6 Å². The van der Waals surface area contributed by atoms with Gasteiger partial charge in [-0.05, 0) is 29.8 Å². The number of carboxylic acids is 1. The summed E-state index contributed by atoms with van der Waals surface area (Å²) < 4.78 is 25.0. The third-order valence-electron chi connectivity index (χ3n) is 2.86. The Balaban J connectivity index is 2.30. The minimum atomic E-state index is -3.47. The Morgan fingerprint density at radius 1 is 1.24 bits per heavy atom. The van der Waals surface area contributed by atoms with Crippen molar-refractivity contribution < 1.29 is 18.3 Å². The maximum Gasteiger partial charge on any atom is 0.335 e. The predicted molar refractivity (Wildman–Crippen MR) is 78.7 cm³/mol. The van der Waals surface area contributed by atoms with Gasteiger partial charge in [-0.25, -0.2) is 13.2 Å². The Bertz CT molecular complexity index is 727. The van der Waals surface area contributed by atoms with Gasteiger partial charge >= 0.3 is 5.97 Å². The number of anilines is 1. The van der Waals surface area contributed by atoms with Crippen molar-refractivity contribution in [2.24, 2.45) is 0 Å². The lowest BCUT2D eigenvalue weighted by Crippen LogP contribution is -2.29. The van der Waals surface area contributed by atoms with Crippen LogP contribution in [0, 0.1) is 0 Å². The van der Waals surface area contributed by atoms with E-state index in [1.807, 2.05) is 0 Å². The Morgan fingerprint density at radius 2 is 1.90 bits per heavy atom. The van der Waals surface area contributed by atoms with Crippen LogP contribution in [0.2, 0.25) is 0 Å². The zero-order valence-corrected chi connectivity index (χ0v) is 12.1. The summed E-state index contributed by atoms with van der Waals surface area (Å²) in [4.78, 5) is 14.7. The van der Waals surface area contributed by atoms with Crippen LogP contribution >= 0.6 is 0 Å². The molecule has 7 heteroatoms. The van der Waals surface area contributed by atoms with Crippen LogP contribution in [0.25, 0.3) is 0 Å². The first-order chi connectivity index (χ1) is 9.88. The molecule has 2 rings (SSSR count). The molecule has 0 aliphatic rings. The SMILES string of the molecule is CS(=O)(=O)N(Cc1ccc(C(=O)O)cc1)c1cccnc1. The fourth-order valence-electron chi connectivity index (χ4n) is 1.82. The summed E-state index contributed by atoms with van der Waals surface area (Å²) in [5.74, 6) is -1.02. The number of sulfonamides is 1. The minimum absolute atomic E-state index is 0.116. The topological polar surface area (TPSA) is 87.6 Å². The molecule has 0 radical (unpaired) electrons. The largest absolute Gasteiger partial charge is 0.478 e. The molecule has 1 N–H and O–H groups in total. The second-order valence-corrected chi connectivity index (χ2v) is 6.39. The Hall–Kier alpha value is -2.41. The second-order valence-electron chi connectivity index (χ2n) is 4.48. The normalized spacial score (nSPS) is 11.1. The molecular weight excluding hydrogens is 292 g/mol. The summed E-state index contributed by atoms with van der Waals surface area (Å²) in [6.45, 7) is 0.116. The highest BCUT2D eigenvalue weighted by Gasteiger charge is 2.18. The van der Waals surface area contributed by atoms with E-state index in [-0.39, 0.29) is 12.1 Å². The molecule has 0 amide bonds. The first-order valence-electron chi connectivity index (χ1n) is 6.08. The molecule has 0 aliphatic carbocycles. The molecule has 110 valence electrons. The van der Waals surface area contributed by atoms with E-state index in [4.69, 9.17) is 5.11 Å². The lowest BCUT2D eigenvalue weighted by atomic mass is 10.1. The van der Waals surface area contributed by atoms with Crippen LogP contribution in [0.5, 0.6) is 0 Å². The zero-order chi connectivity index (χ0) is 15.5. The molecule has 0 aliphatic heterocycles. The van der Waals surface area contributed by atoms with Crippen LogP contribution in [-0.4, -0.2) is 30.7 Å². The average molecular weight is 306 g/mol. The van der Waals surface area contributed by atoms with E-state index in [1.54, 1.807) is 30.5 Å². The summed E-state index contributed by atoms with van der Waals surface area (Å²) >= 11 is 0. The number of nitrogens with zero attached hydrogens (tertiary/aromatic N) is 2. The summed E-state index contributed by atoms with van der Waals surface area (Å²) in [7, 11) is -3.47. The van der Waals surface area contributed by atoms with Gasteiger partial charge in [0.25, 0.3) is 0 Å². The number of hydrogen-bond donors (Lipinski definition) is 1. The Labute approximate surface area is 122 Å². The maximum atomic E-state index is 11.9. The fraction of sp³-hybridized carbons (Fsp3) is 0.143. The van der Waals surface area contributed by atoms with Crippen molar-refractivity contribution >= 4 is 21.7 Å². The number of rotatable bonds is 5. The van der Waals surface area contributed by atoms with Crippen molar-refractivity contribution in [3.05, 3.63) is 59.9 Å². The summed E-state index contributed by atoms with van der Waals surface area (Å²) in [6.07, 6.45) is 4.14. The summed E-state index contributed by atoms with van der Waals surface area (Å²) in [5.41, 5.74) is 1.31. The van der Waals surface area contributed by atoms with Gasteiger partial charge in [0.1, 0.15) is 0 Å². The van der Waals surface area contributed by atoms with Crippen molar-refractivity contribution in [1.82, 2.24) is 4.98 Å². The lowest BCUT2D eigenvalue weighted by Gasteiger charge is -2.22. The molecule has 6 nitrogen and oxygen atoms in total. The fourth-order valence-corrected chi connectivity index (χ4v) is 2.69. The molecule has 0 unspecified atom stereocenters. The summed E-state index contributed by atoms with van der Waals surface area (Å²) in [6, 6.07) is 9.39. The van der Waals surface area contributed by atoms with Gasteiger partial charge in [0, 0.05) is 6.20 Å². The highest BCUT2D eigenvalue weighted by Crippen LogP contribution is 2.19. The molecule has 1 heterocycles.